The van der Waals surface area contributed by atoms with Crippen LogP contribution in [-0.4, -0.2) is 40.9 Å². The standard InChI is InChI=1S/C12H21N5O/c1-9(2)17(7-10-6-15-8-16-10)11(13)5-12(14-3)18-4/h5-6,8-9,13-14H,7H2,1-4H3,(H,15,16)/b12-5+,13-11?. The minimum absolute atomic E-state index is 0.215. The number of nitrogens with one attached hydrogen (secondary N) is 3. The summed E-state index contributed by atoms with van der Waals surface area (Å²) in [7, 11) is 3.33. The maximum Gasteiger partial charge on any atom is 0.189 e. The van der Waals surface area contributed by atoms with E-state index in [2.05, 4.69) is 15.3 Å². The van der Waals surface area contributed by atoms with Crippen LogP contribution in [0.1, 0.15) is 19.5 Å². The maximum absolute atomic E-state index is 8.11. The highest BCUT2D eigenvalue weighted by Crippen LogP contribution is 2.07. The lowest BCUT2D eigenvalue weighted by atomic mass is 10.2. The van der Waals surface area contributed by atoms with Crippen molar-refractivity contribution in [2.45, 2.75) is 26.4 Å². The van der Waals surface area contributed by atoms with E-state index in [1.165, 1.54) is 0 Å². The van der Waals surface area contributed by atoms with E-state index in [1.54, 1.807) is 32.8 Å². The molecular formula is C12H21N5O. The molecule has 100 valence electrons. The molecule has 0 aliphatic heterocycles. The number of aromatic nitrogens is 2. The summed E-state index contributed by atoms with van der Waals surface area (Å²) in [6.07, 6.45) is 5.07. The van der Waals surface area contributed by atoms with Gasteiger partial charge in [0.1, 0.15) is 5.84 Å². The molecule has 18 heavy (non-hydrogen) atoms. The van der Waals surface area contributed by atoms with Gasteiger partial charge in [-0.2, -0.15) is 0 Å². The molecule has 0 aromatic carbocycles. The van der Waals surface area contributed by atoms with Crippen molar-refractivity contribution in [3.05, 3.63) is 30.2 Å². The third-order valence-corrected chi connectivity index (χ3v) is 2.56. The van der Waals surface area contributed by atoms with Crippen molar-refractivity contribution in [1.82, 2.24) is 20.2 Å². The first kappa shape index (κ1) is 14.1. The highest BCUT2D eigenvalue weighted by molar-refractivity contribution is 5.90. The van der Waals surface area contributed by atoms with Crippen molar-refractivity contribution < 1.29 is 4.74 Å². The largest absolute Gasteiger partial charge is 0.482 e. The van der Waals surface area contributed by atoms with Crippen molar-refractivity contribution in [2.75, 3.05) is 14.2 Å². The molecule has 0 atom stereocenters. The smallest absolute Gasteiger partial charge is 0.189 e. The Balaban J connectivity index is 2.79. The Morgan fingerprint density at radius 3 is 2.83 bits per heavy atom. The van der Waals surface area contributed by atoms with Crippen LogP contribution >= 0.6 is 0 Å². The molecule has 3 N–H and O–H groups in total. The van der Waals surface area contributed by atoms with Gasteiger partial charge < -0.3 is 19.9 Å². The van der Waals surface area contributed by atoms with Gasteiger partial charge in [-0.15, -0.1) is 0 Å². The third-order valence-electron chi connectivity index (χ3n) is 2.56. The van der Waals surface area contributed by atoms with Gasteiger partial charge in [-0.3, -0.25) is 5.41 Å². The number of rotatable bonds is 6. The van der Waals surface area contributed by atoms with Crippen LogP contribution in [0.2, 0.25) is 0 Å². The molecule has 0 spiro atoms. The average molecular weight is 251 g/mol. The van der Waals surface area contributed by atoms with Gasteiger partial charge in [0.2, 0.25) is 0 Å². The predicted octanol–water partition coefficient (Wildman–Crippen LogP) is 1.30. The van der Waals surface area contributed by atoms with Gasteiger partial charge in [0, 0.05) is 25.4 Å². The van der Waals surface area contributed by atoms with Crippen molar-refractivity contribution in [3.8, 4) is 0 Å². The summed E-state index contributed by atoms with van der Waals surface area (Å²) in [5, 5.41) is 11.0. The number of hydrogen-bond acceptors (Lipinski definition) is 4. The number of hydrogen-bond donors (Lipinski definition) is 3. The summed E-state index contributed by atoms with van der Waals surface area (Å²) in [6.45, 7) is 4.71. The van der Waals surface area contributed by atoms with Crippen LogP contribution in [0, 0.1) is 5.41 Å². The molecule has 0 unspecified atom stereocenters. The molecule has 0 radical (unpaired) electrons. The number of aromatic amines is 1. The fraction of sp³-hybridized carbons (Fsp3) is 0.500. The summed E-state index contributed by atoms with van der Waals surface area (Å²) in [5.74, 6) is 0.959. The van der Waals surface area contributed by atoms with Gasteiger partial charge in [0.05, 0.1) is 25.7 Å². The number of methoxy groups -OCH3 is 1. The van der Waals surface area contributed by atoms with E-state index < -0.39 is 0 Å². The van der Waals surface area contributed by atoms with Gasteiger partial charge in [0.15, 0.2) is 5.88 Å². The number of H-pyrrole nitrogens is 1. The van der Waals surface area contributed by atoms with Gasteiger partial charge in [-0.1, -0.05) is 0 Å². The van der Waals surface area contributed by atoms with Crippen LogP contribution < -0.4 is 5.32 Å². The van der Waals surface area contributed by atoms with Crippen molar-refractivity contribution >= 4 is 5.84 Å². The van der Waals surface area contributed by atoms with E-state index in [0.29, 0.717) is 18.3 Å². The van der Waals surface area contributed by atoms with Crippen LogP contribution in [0.4, 0.5) is 0 Å². The molecule has 1 heterocycles. The van der Waals surface area contributed by atoms with Crippen LogP contribution in [0.5, 0.6) is 0 Å². The topological polar surface area (TPSA) is 77.0 Å². The van der Waals surface area contributed by atoms with Gasteiger partial charge >= 0.3 is 0 Å². The second-order valence-electron chi connectivity index (χ2n) is 4.15. The molecule has 6 nitrogen and oxygen atoms in total. The molecule has 0 aliphatic carbocycles. The molecule has 1 aromatic heterocycles. The van der Waals surface area contributed by atoms with Crippen LogP contribution in [0.15, 0.2) is 24.5 Å². The molecule has 0 saturated carbocycles. The quantitative estimate of drug-likeness (QED) is 0.405. The average Bonchev–Trinajstić information content (AvgIpc) is 2.85. The zero-order valence-electron chi connectivity index (χ0n) is 11.3. The SMILES string of the molecule is CN/C(=C\C(=N)N(Cc1cnc[nH]1)C(C)C)OC. The monoisotopic (exact) mass is 251 g/mol. The highest BCUT2D eigenvalue weighted by Gasteiger charge is 2.14. The lowest BCUT2D eigenvalue weighted by Gasteiger charge is -2.27. The summed E-state index contributed by atoms with van der Waals surface area (Å²) in [5.41, 5.74) is 0.977. The molecule has 0 saturated heterocycles. The number of ether oxygens (including phenoxy) is 1. The van der Waals surface area contributed by atoms with E-state index in [1.807, 2.05) is 18.7 Å². The lowest BCUT2D eigenvalue weighted by molar-refractivity contribution is 0.267. The van der Waals surface area contributed by atoms with E-state index >= 15 is 0 Å². The molecular weight excluding hydrogens is 230 g/mol. The van der Waals surface area contributed by atoms with Crippen LogP contribution in [0.25, 0.3) is 0 Å². The Labute approximate surface area is 108 Å². The molecule has 6 heteroatoms. The molecule has 0 amide bonds. The van der Waals surface area contributed by atoms with E-state index in [0.717, 1.165) is 5.69 Å². The molecule has 1 rings (SSSR count). The first-order valence-corrected chi connectivity index (χ1v) is 5.84. The first-order valence-electron chi connectivity index (χ1n) is 5.84. The highest BCUT2D eigenvalue weighted by atomic mass is 16.5. The second-order valence-corrected chi connectivity index (χ2v) is 4.15. The van der Waals surface area contributed by atoms with E-state index in [9.17, 15) is 0 Å². The number of imidazole rings is 1. The van der Waals surface area contributed by atoms with E-state index in [4.69, 9.17) is 10.1 Å². The number of amidine groups is 1. The van der Waals surface area contributed by atoms with E-state index in [-0.39, 0.29) is 6.04 Å². The molecule has 0 bridgehead atoms. The normalized spacial score (nSPS) is 11.5. The van der Waals surface area contributed by atoms with Crippen molar-refractivity contribution in [1.29, 1.82) is 5.41 Å². The predicted molar refractivity (Wildman–Crippen MR) is 71.1 cm³/mol. The molecule has 0 aliphatic rings. The summed E-state index contributed by atoms with van der Waals surface area (Å²) in [6, 6.07) is 0.215. The Kier molecular flexibility index (Phi) is 5.23. The van der Waals surface area contributed by atoms with Gasteiger partial charge in [0.25, 0.3) is 0 Å². The fourth-order valence-electron chi connectivity index (χ4n) is 1.54. The molecule has 1 aromatic rings. The minimum atomic E-state index is 0.215. The van der Waals surface area contributed by atoms with Crippen LogP contribution in [0.3, 0.4) is 0 Å². The Morgan fingerprint density at radius 2 is 2.39 bits per heavy atom. The van der Waals surface area contributed by atoms with Gasteiger partial charge in [-0.25, -0.2) is 4.98 Å². The van der Waals surface area contributed by atoms with Gasteiger partial charge in [-0.05, 0) is 13.8 Å². The number of nitrogens with zero attached hydrogens (tertiary/aromatic N) is 2. The fourth-order valence-corrected chi connectivity index (χ4v) is 1.54. The lowest BCUT2D eigenvalue weighted by Crippen LogP contribution is -2.35. The Bertz CT molecular complexity index is 391. The minimum Gasteiger partial charge on any atom is -0.482 e. The Morgan fingerprint density at radius 1 is 1.67 bits per heavy atom. The first-order chi connectivity index (χ1) is 8.58. The zero-order chi connectivity index (χ0) is 13.5. The maximum atomic E-state index is 8.11. The summed E-state index contributed by atoms with van der Waals surface area (Å²) < 4.78 is 5.10. The Hall–Kier alpha value is -1.98. The van der Waals surface area contributed by atoms with Crippen LogP contribution in [-0.2, 0) is 11.3 Å². The van der Waals surface area contributed by atoms with Crippen molar-refractivity contribution in [3.63, 3.8) is 0 Å². The summed E-state index contributed by atoms with van der Waals surface area (Å²) in [4.78, 5) is 8.97. The molecule has 0 fully saturated rings. The second kappa shape index (κ2) is 6.68. The summed E-state index contributed by atoms with van der Waals surface area (Å²) >= 11 is 0. The zero-order valence-corrected chi connectivity index (χ0v) is 11.3. The van der Waals surface area contributed by atoms with Crippen molar-refractivity contribution in [2.24, 2.45) is 0 Å². The third kappa shape index (κ3) is 3.80.